The number of amides is 1. The number of carbonyl (C=O) groups is 2. The maximum Gasteiger partial charge on any atom is 0.326 e. The first-order valence-corrected chi connectivity index (χ1v) is 7.19. The minimum absolute atomic E-state index is 0.248. The Morgan fingerprint density at radius 3 is 2.24 bits per heavy atom. The Balaban J connectivity index is 2.07. The molecular weight excluding hydrogens is 334 g/mol. The molecule has 0 aliphatic heterocycles. The minimum Gasteiger partial charge on any atom is -0.480 e. The SMILES string of the molecule is O=C(NC(Cc1ccccc1)C(=O)O)c1ccc(Br)cc1. The van der Waals surface area contributed by atoms with Crippen molar-refractivity contribution in [2.75, 3.05) is 0 Å². The zero-order chi connectivity index (χ0) is 15.2. The van der Waals surface area contributed by atoms with Gasteiger partial charge >= 0.3 is 5.97 Å². The molecule has 0 aromatic heterocycles. The number of rotatable bonds is 5. The van der Waals surface area contributed by atoms with Crippen molar-refractivity contribution in [1.29, 1.82) is 0 Å². The van der Waals surface area contributed by atoms with E-state index >= 15 is 0 Å². The molecule has 0 aliphatic rings. The summed E-state index contributed by atoms with van der Waals surface area (Å²) in [5.74, 6) is -1.45. The van der Waals surface area contributed by atoms with E-state index in [-0.39, 0.29) is 6.42 Å². The van der Waals surface area contributed by atoms with Crippen molar-refractivity contribution in [1.82, 2.24) is 5.32 Å². The topological polar surface area (TPSA) is 66.4 Å². The Labute approximate surface area is 130 Å². The van der Waals surface area contributed by atoms with Crippen molar-refractivity contribution >= 4 is 27.8 Å². The molecule has 108 valence electrons. The van der Waals surface area contributed by atoms with E-state index in [1.807, 2.05) is 30.3 Å². The van der Waals surface area contributed by atoms with Gasteiger partial charge in [-0.3, -0.25) is 4.79 Å². The van der Waals surface area contributed by atoms with E-state index in [0.717, 1.165) is 10.0 Å². The summed E-state index contributed by atoms with van der Waals surface area (Å²) < 4.78 is 0.859. The first kappa shape index (κ1) is 15.3. The van der Waals surface area contributed by atoms with Crippen LogP contribution in [-0.4, -0.2) is 23.0 Å². The molecule has 0 aliphatic carbocycles. The Hall–Kier alpha value is -2.14. The van der Waals surface area contributed by atoms with Crippen LogP contribution in [0.2, 0.25) is 0 Å². The standard InChI is InChI=1S/C16H14BrNO3/c17-13-8-6-12(7-9-13)15(19)18-14(16(20)21)10-11-4-2-1-3-5-11/h1-9,14H,10H2,(H,18,19)(H,20,21). The van der Waals surface area contributed by atoms with E-state index in [4.69, 9.17) is 0 Å². The van der Waals surface area contributed by atoms with Gasteiger partial charge in [-0.15, -0.1) is 0 Å². The maximum absolute atomic E-state index is 12.1. The number of carbonyl (C=O) groups excluding carboxylic acids is 1. The molecule has 1 unspecified atom stereocenters. The lowest BCUT2D eigenvalue weighted by Crippen LogP contribution is -2.42. The second-order valence-electron chi connectivity index (χ2n) is 4.56. The van der Waals surface area contributed by atoms with E-state index in [9.17, 15) is 14.7 Å². The summed E-state index contributed by atoms with van der Waals surface area (Å²) in [4.78, 5) is 23.4. The number of carboxylic acid groups (broad SMARTS) is 1. The average Bonchev–Trinajstić information content (AvgIpc) is 2.48. The third-order valence-corrected chi connectivity index (χ3v) is 3.52. The summed E-state index contributed by atoms with van der Waals surface area (Å²) >= 11 is 3.29. The van der Waals surface area contributed by atoms with Gasteiger partial charge in [-0.2, -0.15) is 0 Å². The largest absolute Gasteiger partial charge is 0.480 e. The van der Waals surface area contributed by atoms with Gasteiger partial charge < -0.3 is 10.4 Å². The lowest BCUT2D eigenvalue weighted by molar-refractivity contribution is -0.139. The smallest absolute Gasteiger partial charge is 0.326 e. The lowest BCUT2D eigenvalue weighted by atomic mass is 10.1. The molecule has 1 atom stereocenters. The summed E-state index contributed by atoms with van der Waals surface area (Å²) in [6, 6.07) is 15.0. The molecule has 0 spiro atoms. The van der Waals surface area contributed by atoms with Gasteiger partial charge in [0.15, 0.2) is 0 Å². The summed E-state index contributed by atoms with van der Waals surface area (Å²) in [5.41, 5.74) is 1.29. The molecule has 1 amide bonds. The van der Waals surface area contributed by atoms with Crippen molar-refractivity contribution in [3.05, 3.63) is 70.2 Å². The molecule has 2 rings (SSSR count). The van der Waals surface area contributed by atoms with E-state index in [1.165, 1.54) is 0 Å². The Kier molecular flexibility index (Phi) is 5.11. The van der Waals surface area contributed by atoms with Crippen LogP contribution in [0.15, 0.2) is 59.1 Å². The summed E-state index contributed by atoms with van der Waals surface area (Å²) in [6.45, 7) is 0. The van der Waals surface area contributed by atoms with Gasteiger partial charge in [-0.1, -0.05) is 46.3 Å². The number of nitrogens with one attached hydrogen (secondary N) is 1. The molecule has 0 fully saturated rings. The first-order chi connectivity index (χ1) is 10.1. The molecule has 4 nitrogen and oxygen atoms in total. The van der Waals surface area contributed by atoms with E-state index in [2.05, 4.69) is 21.2 Å². The monoisotopic (exact) mass is 347 g/mol. The predicted octanol–water partition coefficient (Wildman–Crippen LogP) is 2.87. The van der Waals surface area contributed by atoms with Crippen molar-refractivity contribution in [2.24, 2.45) is 0 Å². The molecule has 0 saturated carbocycles. The quantitative estimate of drug-likeness (QED) is 0.873. The van der Waals surface area contributed by atoms with Crippen molar-refractivity contribution in [2.45, 2.75) is 12.5 Å². The average molecular weight is 348 g/mol. The van der Waals surface area contributed by atoms with Crippen LogP contribution in [0.1, 0.15) is 15.9 Å². The van der Waals surface area contributed by atoms with Crippen LogP contribution in [0.25, 0.3) is 0 Å². The van der Waals surface area contributed by atoms with Crippen LogP contribution in [0.5, 0.6) is 0 Å². The fourth-order valence-corrected chi connectivity index (χ4v) is 2.16. The van der Waals surface area contributed by atoms with E-state index in [0.29, 0.717) is 5.56 Å². The molecule has 2 N–H and O–H groups in total. The highest BCUT2D eigenvalue weighted by Crippen LogP contribution is 2.11. The molecular formula is C16H14BrNO3. The van der Waals surface area contributed by atoms with Crippen LogP contribution in [0.4, 0.5) is 0 Å². The lowest BCUT2D eigenvalue weighted by Gasteiger charge is -2.14. The third-order valence-electron chi connectivity index (χ3n) is 2.99. The van der Waals surface area contributed by atoms with E-state index < -0.39 is 17.9 Å². The van der Waals surface area contributed by atoms with Crippen LogP contribution in [-0.2, 0) is 11.2 Å². The molecule has 0 radical (unpaired) electrons. The zero-order valence-corrected chi connectivity index (χ0v) is 12.7. The van der Waals surface area contributed by atoms with Crippen LogP contribution in [0.3, 0.4) is 0 Å². The molecule has 0 saturated heterocycles. The number of hydrogen-bond acceptors (Lipinski definition) is 2. The Bertz CT molecular complexity index is 626. The highest BCUT2D eigenvalue weighted by Gasteiger charge is 2.20. The van der Waals surface area contributed by atoms with Gasteiger partial charge in [0.1, 0.15) is 6.04 Å². The van der Waals surface area contributed by atoms with Gasteiger partial charge in [0, 0.05) is 16.5 Å². The van der Waals surface area contributed by atoms with Crippen molar-refractivity contribution < 1.29 is 14.7 Å². The first-order valence-electron chi connectivity index (χ1n) is 6.39. The highest BCUT2D eigenvalue weighted by atomic mass is 79.9. The van der Waals surface area contributed by atoms with Gasteiger partial charge in [0.25, 0.3) is 5.91 Å². The Morgan fingerprint density at radius 1 is 1.05 bits per heavy atom. The summed E-state index contributed by atoms with van der Waals surface area (Å²) in [7, 11) is 0. The van der Waals surface area contributed by atoms with Gasteiger partial charge in [-0.05, 0) is 29.8 Å². The van der Waals surface area contributed by atoms with Crippen molar-refractivity contribution in [3.63, 3.8) is 0 Å². The highest BCUT2D eigenvalue weighted by molar-refractivity contribution is 9.10. The number of carboxylic acids is 1. The fourth-order valence-electron chi connectivity index (χ4n) is 1.89. The predicted molar refractivity (Wildman–Crippen MR) is 83.2 cm³/mol. The normalized spacial score (nSPS) is 11.7. The second kappa shape index (κ2) is 7.04. The minimum atomic E-state index is -1.05. The molecule has 0 bridgehead atoms. The van der Waals surface area contributed by atoms with Gasteiger partial charge in [0.2, 0.25) is 0 Å². The number of hydrogen-bond donors (Lipinski definition) is 2. The van der Waals surface area contributed by atoms with E-state index in [1.54, 1.807) is 24.3 Å². The van der Waals surface area contributed by atoms with Crippen LogP contribution >= 0.6 is 15.9 Å². The zero-order valence-electron chi connectivity index (χ0n) is 11.1. The summed E-state index contributed by atoms with van der Waals surface area (Å²) in [5, 5.41) is 11.8. The number of benzene rings is 2. The molecule has 0 heterocycles. The Morgan fingerprint density at radius 2 is 1.67 bits per heavy atom. The molecule has 5 heteroatoms. The van der Waals surface area contributed by atoms with Crippen LogP contribution in [0, 0.1) is 0 Å². The third kappa shape index (κ3) is 4.43. The molecule has 21 heavy (non-hydrogen) atoms. The number of halogens is 1. The molecule has 2 aromatic rings. The maximum atomic E-state index is 12.1. The number of aliphatic carboxylic acids is 1. The van der Waals surface area contributed by atoms with Gasteiger partial charge in [0.05, 0.1) is 0 Å². The van der Waals surface area contributed by atoms with Crippen molar-refractivity contribution in [3.8, 4) is 0 Å². The molecule has 2 aromatic carbocycles. The second-order valence-corrected chi connectivity index (χ2v) is 5.48. The van der Waals surface area contributed by atoms with Crippen LogP contribution < -0.4 is 5.32 Å². The van der Waals surface area contributed by atoms with Gasteiger partial charge in [-0.25, -0.2) is 4.79 Å². The fraction of sp³-hybridized carbons (Fsp3) is 0.125. The summed E-state index contributed by atoms with van der Waals surface area (Å²) in [6.07, 6.45) is 0.248.